The molecule has 0 N–H and O–H groups in total. The van der Waals surface area contributed by atoms with Crippen molar-refractivity contribution in [2.24, 2.45) is 0 Å². The minimum Gasteiger partial charge on any atom is -0.376 e. The van der Waals surface area contributed by atoms with E-state index in [1.54, 1.807) is 0 Å². The second-order valence-electron chi connectivity index (χ2n) is 3.56. The quantitative estimate of drug-likeness (QED) is 0.640. The fraction of sp³-hybridized carbons (Fsp3) is 1.00. The first kappa shape index (κ1) is 10.0. The van der Waals surface area contributed by atoms with Crippen LogP contribution in [-0.4, -0.2) is 37.2 Å². The molecule has 0 bridgehead atoms. The lowest BCUT2D eigenvalue weighted by Gasteiger charge is -2.32. The average molecular weight is 171 g/mol. The van der Waals surface area contributed by atoms with E-state index in [9.17, 15) is 0 Å². The number of nitrogens with zero attached hydrogens (tertiary/aromatic N) is 1. The predicted molar refractivity (Wildman–Crippen MR) is 51.4 cm³/mol. The summed E-state index contributed by atoms with van der Waals surface area (Å²) >= 11 is 0. The second-order valence-corrected chi connectivity index (χ2v) is 3.56. The predicted octanol–water partition coefficient (Wildman–Crippen LogP) is 1.90. The van der Waals surface area contributed by atoms with E-state index in [1.807, 2.05) is 0 Å². The Morgan fingerprint density at radius 1 is 1.42 bits per heavy atom. The zero-order chi connectivity index (χ0) is 8.81. The highest BCUT2D eigenvalue weighted by Crippen LogP contribution is 2.08. The minimum absolute atomic E-state index is 0.496. The van der Waals surface area contributed by atoms with Crippen LogP contribution in [0.4, 0.5) is 0 Å². The maximum absolute atomic E-state index is 5.60. The molecule has 1 atom stereocenters. The lowest BCUT2D eigenvalue weighted by atomic mass is 10.2. The fourth-order valence-electron chi connectivity index (χ4n) is 1.61. The van der Waals surface area contributed by atoms with Crippen LogP contribution in [0.3, 0.4) is 0 Å². The monoisotopic (exact) mass is 171 g/mol. The lowest BCUT2D eigenvalue weighted by Crippen LogP contribution is -2.42. The van der Waals surface area contributed by atoms with Crippen LogP contribution >= 0.6 is 0 Å². The minimum atomic E-state index is 0.496. The summed E-state index contributed by atoms with van der Waals surface area (Å²) in [7, 11) is 0. The lowest BCUT2D eigenvalue weighted by molar-refractivity contribution is -0.0298. The maximum Gasteiger partial charge on any atom is 0.0700 e. The van der Waals surface area contributed by atoms with Crippen LogP contribution in [0.2, 0.25) is 0 Å². The van der Waals surface area contributed by atoms with E-state index in [1.165, 1.54) is 19.4 Å². The van der Waals surface area contributed by atoms with Crippen LogP contribution in [0.5, 0.6) is 0 Å². The third-order valence-corrected chi connectivity index (χ3v) is 2.51. The molecular formula is C10H21NO. The number of ether oxygens (including phenoxy) is 1. The molecule has 1 saturated heterocycles. The van der Waals surface area contributed by atoms with Gasteiger partial charge in [-0.2, -0.15) is 0 Å². The van der Waals surface area contributed by atoms with Crippen LogP contribution in [0.15, 0.2) is 0 Å². The van der Waals surface area contributed by atoms with Crippen molar-refractivity contribution in [3.8, 4) is 0 Å². The van der Waals surface area contributed by atoms with Gasteiger partial charge in [0, 0.05) is 13.1 Å². The molecular weight excluding hydrogens is 150 g/mol. The summed E-state index contributed by atoms with van der Waals surface area (Å²) in [5.41, 5.74) is 0. The molecule has 0 amide bonds. The van der Waals surface area contributed by atoms with Crippen molar-refractivity contribution in [2.75, 3.05) is 26.2 Å². The van der Waals surface area contributed by atoms with Gasteiger partial charge in [-0.3, -0.25) is 4.90 Å². The molecule has 1 fully saturated rings. The first-order valence-electron chi connectivity index (χ1n) is 5.20. The number of unbranched alkanes of at least 4 members (excludes halogenated alkanes) is 1. The highest BCUT2D eigenvalue weighted by molar-refractivity contribution is 4.69. The molecule has 0 aromatic carbocycles. The second kappa shape index (κ2) is 5.55. The summed E-state index contributed by atoms with van der Waals surface area (Å²) in [6, 6.07) is 0. The Balaban J connectivity index is 2.16. The van der Waals surface area contributed by atoms with E-state index in [2.05, 4.69) is 18.7 Å². The Kier molecular flexibility index (Phi) is 4.62. The molecule has 0 aliphatic carbocycles. The largest absolute Gasteiger partial charge is 0.376 e. The molecule has 1 aliphatic heterocycles. The molecule has 0 saturated carbocycles. The summed E-state index contributed by atoms with van der Waals surface area (Å²) in [5, 5.41) is 0. The van der Waals surface area contributed by atoms with E-state index < -0.39 is 0 Å². The first-order chi connectivity index (χ1) is 5.86. The van der Waals surface area contributed by atoms with E-state index in [4.69, 9.17) is 4.74 Å². The average Bonchev–Trinajstić information content (AvgIpc) is 2.15. The molecule has 1 rings (SSSR count). The van der Waals surface area contributed by atoms with Crippen molar-refractivity contribution in [3.63, 3.8) is 0 Å². The molecule has 0 radical (unpaired) electrons. The van der Waals surface area contributed by atoms with Crippen LogP contribution in [0.25, 0.3) is 0 Å². The van der Waals surface area contributed by atoms with Crippen LogP contribution < -0.4 is 0 Å². The fourth-order valence-corrected chi connectivity index (χ4v) is 1.61. The van der Waals surface area contributed by atoms with Crippen molar-refractivity contribution in [2.45, 2.75) is 39.2 Å². The van der Waals surface area contributed by atoms with Gasteiger partial charge in [-0.1, -0.05) is 20.3 Å². The Labute approximate surface area is 75.9 Å². The van der Waals surface area contributed by atoms with Gasteiger partial charge in [-0.25, -0.2) is 0 Å². The molecule has 2 heteroatoms. The smallest absolute Gasteiger partial charge is 0.0700 e. The highest BCUT2D eigenvalue weighted by atomic mass is 16.5. The van der Waals surface area contributed by atoms with Gasteiger partial charge < -0.3 is 4.74 Å². The van der Waals surface area contributed by atoms with E-state index in [0.29, 0.717) is 6.10 Å². The molecule has 0 spiro atoms. The maximum atomic E-state index is 5.60. The SMILES string of the molecule is CCCCN1CCOC(CC)C1. The summed E-state index contributed by atoms with van der Waals surface area (Å²) in [4.78, 5) is 2.53. The topological polar surface area (TPSA) is 12.5 Å². The number of hydrogen-bond donors (Lipinski definition) is 0. The van der Waals surface area contributed by atoms with Crippen LogP contribution in [0, 0.1) is 0 Å². The zero-order valence-electron chi connectivity index (χ0n) is 8.38. The summed E-state index contributed by atoms with van der Waals surface area (Å²) in [6.07, 6.45) is 4.28. The molecule has 0 aromatic rings. The van der Waals surface area contributed by atoms with E-state index >= 15 is 0 Å². The molecule has 0 aromatic heterocycles. The van der Waals surface area contributed by atoms with Crippen molar-refractivity contribution >= 4 is 0 Å². The third kappa shape index (κ3) is 3.11. The molecule has 12 heavy (non-hydrogen) atoms. The van der Waals surface area contributed by atoms with Crippen LogP contribution in [-0.2, 0) is 4.74 Å². The van der Waals surface area contributed by atoms with Gasteiger partial charge in [-0.15, -0.1) is 0 Å². The highest BCUT2D eigenvalue weighted by Gasteiger charge is 2.17. The number of morpholine rings is 1. The molecule has 1 aliphatic rings. The third-order valence-electron chi connectivity index (χ3n) is 2.51. The van der Waals surface area contributed by atoms with Crippen molar-refractivity contribution in [1.82, 2.24) is 4.90 Å². The van der Waals surface area contributed by atoms with Gasteiger partial charge in [-0.05, 0) is 19.4 Å². The molecule has 1 unspecified atom stereocenters. The van der Waals surface area contributed by atoms with Crippen molar-refractivity contribution in [1.29, 1.82) is 0 Å². The van der Waals surface area contributed by atoms with Gasteiger partial charge >= 0.3 is 0 Å². The van der Waals surface area contributed by atoms with Gasteiger partial charge in [0.25, 0.3) is 0 Å². The normalized spacial score (nSPS) is 26.0. The molecule has 1 heterocycles. The first-order valence-corrected chi connectivity index (χ1v) is 5.20. The Morgan fingerprint density at radius 2 is 2.25 bits per heavy atom. The van der Waals surface area contributed by atoms with E-state index in [0.717, 1.165) is 26.1 Å². The number of hydrogen-bond acceptors (Lipinski definition) is 2. The van der Waals surface area contributed by atoms with Gasteiger partial charge in [0.1, 0.15) is 0 Å². The van der Waals surface area contributed by atoms with Crippen molar-refractivity contribution in [3.05, 3.63) is 0 Å². The van der Waals surface area contributed by atoms with Gasteiger partial charge in [0.2, 0.25) is 0 Å². The summed E-state index contributed by atoms with van der Waals surface area (Å²) in [6.45, 7) is 8.93. The van der Waals surface area contributed by atoms with Gasteiger partial charge in [0.05, 0.1) is 12.7 Å². The molecule has 72 valence electrons. The number of rotatable bonds is 4. The van der Waals surface area contributed by atoms with Gasteiger partial charge in [0.15, 0.2) is 0 Å². The standard InChI is InChI=1S/C10H21NO/c1-3-5-6-11-7-8-12-10(4-2)9-11/h10H,3-9H2,1-2H3. The summed E-state index contributed by atoms with van der Waals surface area (Å²) in [5.74, 6) is 0. The Hall–Kier alpha value is -0.0800. The van der Waals surface area contributed by atoms with E-state index in [-0.39, 0.29) is 0 Å². The Morgan fingerprint density at radius 3 is 2.92 bits per heavy atom. The van der Waals surface area contributed by atoms with Crippen molar-refractivity contribution < 1.29 is 4.74 Å². The zero-order valence-corrected chi connectivity index (χ0v) is 8.38. The van der Waals surface area contributed by atoms with Crippen LogP contribution in [0.1, 0.15) is 33.1 Å². The summed E-state index contributed by atoms with van der Waals surface area (Å²) < 4.78 is 5.60. The molecule has 2 nitrogen and oxygen atoms in total. The Bertz CT molecular complexity index is 116.